The van der Waals surface area contributed by atoms with Crippen molar-refractivity contribution in [1.29, 1.82) is 0 Å². The molecule has 98 valence electrons. The van der Waals surface area contributed by atoms with Crippen LogP contribution in [0.2, 0.25) is 0 Å². The predicted octanol–water partition coefficient (Wildman–Crippen LogP) is 3.86. The molecule has 1 aromatic carbocycles. The maximum absolute atomic E-state index is 13.7. The van der Waals surface area contributed by atoms with Crippen LogP contribution in [-0.2, 0) is 6.54 Å². The van der Waals surface area contributed by atoms with Crippen molar-refractivity contribution in [3.63, 3.8) is 0 Å². The van der Waals surface area contributed by atoms with Gasteiger partial charge in [-0.15, -0.1) is 0 Å². The first-order chi connectivity index (χ1) is 8.65. The van der Waals surface area contributed by atoms with Gasteiger partial charge in [0.25, 0.3) is 0 Å². The Kier molecular flexibility index (Phi) is 3.41. The summed E-state index contributed by atoms with van der Waals surface area (Å²) in [5.74, 6) is -0.842. The first-order valence-electron chi connectivity index (χ1n) is 6.48. The molecule has 0 N–H and O–H groups in total. The quantitative estimate of drug-likeness (QED) is 0.749. The van der Waals surface area contributed by atoms with Gasteiger partial charge in [0.2, 0.25) is 0 Å². The number of piperidine rings is 1. The molecule has 2 fully saturated rings. The third-order valence-electron chi connectivity index (χ3n) is 4.23. The summed E-state index contributed by atoms with van der Waals surface area (Å²) in [6.07, 6.45) is 4.49. The first-order valence-corrected chi connectivity index (χ1v) is 7.39. The van der Waals surface area contributed by atoms with Gasteiger partial charge in [0, 0.05) is 29.0 Å². The van der Waals surface area contributed by atoms with Gasteiger partial charge in [-0.2, -0.15) is 0 Å². The van der Waals surface area contributed by atoms with Gasteiger partial charge >= 0.3 is 0 Å². The minimum Gasteiger partial charge on any atom is -0.293 e. The zero-order valence-corrected chi connectivity index (χ0v) is 11.7. The molecule has 2 heterocycles. The highest BCUT2D eigenvalue weighted by Gasteiger charge is 2.40. The van der Waals surface area contributed by atoms with Crippen LogP contribution in [0.1, 0.15) is 31.2 Å². The molecule has 2 aliphatic rings. The second-order valence-corrected chi connectivity index (χ2v) is 6.62. The Labute approximate surface area is 114 Å². The van der Waals surface area contributed by atoms with Crippen molar-refractivity contribution in [2.75, 3.05) is 0 Å². The number of fused-ring (bicyclic) bond motifs is 2. The smallest absolute Gasteiger partial charge is 0.130 e. The fraction of sp³-hybridized carbons (Fsp3) is 0.571. The lowest BCUT2D eigenvalue weighted by Gasteiger charge is -2.37. The van der Waals surface area contributed by atoms with Gasteiger partial charge in [-0.25, -0.2) is 8.78 Å². The van der Waals surface area contributed by atoms with Crippen LogP contribution in [0.25, 0.3) is 0 Å². The number of hydrogen-bond acceptors (Lipinski definition) is 1. The maximum atomic E-state index is 13.7. The fourth-order valence-corrected chi connectivity index (χ4v) is 4.19. The highest BCUT2D eigenvalue weighted by atomic mass is 79.9. The summed E-state index contributed by atoms with van der Waals surface area (Å²) in [6.45, 7) is 0.410. The van der Waals surface area contributed by atoms with Gasteiger partial charge in [-0.3, -0.25) is 4.90 Å². The standard InChI is InChI=1S/C14H16BrF2N/c15-9-6-10-4-5-11(7-9)18(10)8-12-13(16)2-1-3-14(12)17/h1-3,9-11H,4-8H2. The molecule has 2 aliphatic heterocycles. The molecular formula is C14H16BrF2N. The lowest BCUT2D eigenvalue weighted by atomic mass is 10.0. The molecule has 0 aliphatic carbocycles. The van der Waals surface area contributed by atoms with E-state index in [1.165, 1.54) is 18.2 Å². The average Bonchev–Trinajstić information content (AvgIpc) is 2.56. The second-order valence-electron chi connectivity index (χ2n) is 5.33. The summed E-state index contributed by atoms with van der Waals surface area (Å²) in [4.78, 5) is 2.86. The number of nitrogens with zero attached hydrogens (tertiary/aromatic N) is 1. The molecule has 4 heteroatoms. The lowest BCUT2D eigenvalue weighted by Crippen LogP contribution is -2.42. The number of benzene rings is 1. The van der Waals surface area contributed by atoms with E-state index in [0.717, 1.165) is 25.7 Å². The molecule has 1 nitrogen and oxygen atoms in total. The van der Waals surface area contributed by atoms with Crippen molar-refractivity contribution >= 4 is 15.9 Å². The summed E-state index contributed by atoms with van der Waals surface area (Å²) in [6, 6.07) is 5.07. The molecule has 3 rings (SSSR count). The normalized spacial score (nSPS) is 31.8. The van der Waals surface area contributed by atoms with Crippen molar-refractivity contribution in [3.8, 4) is 0 Å². The second kappa shape index (κ2) is 4.89. The van der Waals surface area contributed by atoms with Gasteiger partial charge in [-0.1, -0.05) is 22.0 Å². The average molecular weight is 316 g/mol. The van der Waals surface area contributed by atoms with Gasteiger partial charge in [-0.05, 0) is 37.8 Å². The van der Waals surface area contributed by atoms with E-state index >= 15 is 0 Å². The third kappa shape index (κ3) is 2.21. The topological polar surface area (TPSA) is 3.24 Å². The van der Waals surface area contributed by atoms with E-state index in [0.29, 0.717) is 23.5 Å². The van der Waals surface area contributed by atoms with Crippen LogP contribution in [0.4, 0.5) is 8.78 Å². The first kappa shape index (κ1) is 12.5. The van der Waals surface area contributed by atoms with Crippen molar-refractivity contribution < 1.29 is 8.78 Å². The Morgan fingerprint density at radius 3 is 2.22 bits per heavy atom. The number of hydrogen-bond donors (Lipinski definition) is 0. The third-order valence-corrected chi connectivity index (χ3v) is 4.98. The van der Waals surface area contributed by atoms with Crippen LogP contribution < -0.4 is 0 Å². The highest BCUT2D eigenvalue weighted by Crippen LogP contribution is 2.39. The molecule has 18 heavy (non-hydrogen) atoms. The number of alkyl halides is 1. The number of halogens is 3. The van der Waals surface area contributed by atoms with E-state index in [-0.39, 0.29) is 5.56 Å². The maximum Gasteiger partial charge on any atom is 0.130 e. The zero-order valence-electron chi connectivity index (χ0n) is 10.1. The summed E-state index contributed by atoms with van der Waals surface area (Å²) in [5.41, 5.74) is 0.224. The summed E-state index contributed by atoms with van der Waals surface area (Å²) in [7, 11) is 0. The van der Waals surface area contributed by atoms with Gasteiger partial charge in [0.1, 0.15) is 11.6 Å². The largest absolute Gasteiger partial charge is 0.293 e. The molecule has 2 unspecified atom stereocenters. The number of rotatable bonds is 2. The van der Waals surface area contributed by atoms with E-state index in [9.17, 15) is 8.78 Å². The monoisotopic (exact) mass is 315 g/mol. The van der Waals surface area contributed by atoms with Crippen LogP contribution in [0.3, 0.4) is 0 Å². The predicted molar refractivity (Wildman–Crippen MR) is 70.7 cm³/mol. The minimum atomic E-state index is -0.421. The van der Waals surface area contributed by atoms with E-state index in [1.807, 2.05) is 0 Å². The zero-order chi connectivity index (χ0) is 12.7. The van der Waals surface area contributed by atoms with Crippen molar-refractivity contribution in [3.05, 3.63) is 35.4 Å². The molecule has 1 aromatic rings. The van der Waals surface area contributed by atoms with Gasteiger partial charge < -0.3 is 0 Å². The molecule has 0 radical (unpaired) electrons. The van der Waals surface area contributed by atoms with Gasteiger partial charge in [0.05, 0.1) is 0 Å². The molecule has 0 saturated carbocycles. The van der Waals surface area contributed by atoms with Crippen LogP contribution >= 0.6 is 15.9 Å². The minimum absolute atomic E-state index is 0.224. The molecule has 2 saturated heterocycles. The van der Waals surface area contributed by atoms with Crippen molar-refractivity contribution in [2.45, 2.75) is 49.1 Å². The fourth-order valence-electron chi connectivity index (χ4n) is 3.33. The lowest BCUT2D eigenvalue weighted by molar-refractivity contribution is 0.133. The summed E-state index contributed by atoms with van der Waals surface area (Å²) >= 11 is 3.68. The van der Waals surface area contributed by atoms with Crippen LogP contribution in [0, 0.1) is 11.6 Å². The molecule has 2 bridgehead atoms. The molecular weight excluding hydrogens is 300 g/mol. The highest BCUT2D eigenvalue weighted by molar-refractivity contribution is 9.09. The molecule has 0 aromatic heterocycles. The molecule has 0 spiro atoms. The Balaban J connectivity index is 1.81. The SMILES string of the molecule is Fc1cccc(F)c1CN1C2CCC1CC(Br)C2. The van der Waals surface area contributed by atoms with E-state index in [4.69, 9.17) is 0 Å². The molecule has 0 amide bonds. The van der Waals surface area contributed by atoms with Crippen LogP contribution in [-0.4, -0.2) is 21.8 Å². The van der Waals surface area contributed by atoms with Crippen molar-refractivity contribution in [1.82, 2.24) is 4.90 Å². The van der Waals surface area contributed by atoms with Gasteiger partial charge in [0.15, 0.2) is 0 Å². The Hall–Kier alpha value is -0.480. The van der Waals surface area contributed by atoms with Crippen LogP contribution in [0.5, 0.6) is 0 Å². The van der Waals surface area contributed by atoms with Crippen molar-refractivity contribution in [2.24, 2.45) is 0 Å². The van der Waals surface area contributed by atoms with E-state index in [1.54, 1.807) is 0 Å². The van der Waals surface area contributed by atoms with Crippen LogP contribution in [0.15, 0.2) is 18.2 Å². The van der Waals surface area contributed by atoms with E-state index in [2.05, 4.69) is 20.8 Å². The summed E-state index contributed by atoms with van der Waals surface area (Å²) in [5, 5.41) is 0. The Bertz CT molecular complexity index is 417. The Morgan fingerprint density at radius 1 is 1.11 bits per heavy atom. The molecule has 2 atom stereocenters. The Morgan fingerprint density at radius 2 is 1.67 bits per heavy atom. The summed E-state index contributed by atoms with van der Waals surface area (Å²) < 4.78 is 27.4. The van der Waals surface area contributed by atoms with E-state index < -0.39 is 11.6 Å².